The van der Waals surface area contributed by atoms with Crippen LogP contribution >= 0.6 is 11.6 Å². The van der Waals surface area contributed by atoms with Gasteiger partial charge >= 0.3 is 0 Å². The van der Waals surface area contributed by atoms with Crippen molar-refractivity contribution in [3.63, 3.8) is 0 Å². The molecule has 0 aromatic heterocycles. The van der Waals surface area contributed by atoms with E-state index in [2.05, 4.69) is 20.8 Å². The molecule has 112 valence electrons. The molecule has 3 heteroatoms. The molecule has 1 aromatic rings. The molecule has 0 radical (unpaired) electrons. The van der Waals surface area contributed by atoms with Gasteiger partial charge in [-0.05, 0) is 49.1 Å². The lowest BCUT2D eigenvalue weighted by Gasteiger charge is -2.37. The van der Waals surface area contributed by atoms with Gasteiger partial charge in [0.1, 0.15) is 11.9 Å². The van der Waals surface area contributed by atoms with Crippen molar-refractivity contribution in [3.05, 3.63) is 22.7 Å². The van der Waals surface area contributed by atoms with Gasteiger partial charge in [-0.3, -0.25) is 0 Å². The van der Waals surface area contributed by atoms with Gasteiger partial charge < -0.3 is 10.5 Å². The number of nitrogens with two attached hydrogens (primary N) is 1. The minimum Gasteiger partial charge on any atom is -0.490 e. The molecule has 0 aliphatic heterocycles. The molecule has 3 atom stereocenters. The van der Waals surface area contributed by atoms with Crippen molar-refractivity contribution in [1.29, 1.82) is 0 Å². The summed E-state index contributed by atoms with van der Waals surface area (Å²) < 4.78 is 6.33. The van der Waals surface area contributed by atoms with E-state index in [1.165, 1.54) is 12.8 Å². The van der Waals surface area contributed by atoms with Gasteiger partial charge in [-0.2, -0.15) is 0 Å². The van der Waals surface area contributed by atoms with Gasteiger partial charge in [0.25, 0.3) is 0 Å². The summed E-state index contributed by atoms with van der Waals surface area (Å²) in [5, 5.41) is 0.579. The number of halogens is 1. The molecule has 1 aliphatic rings. The van der Waals surface area contributed by atoms with Gasteiger partial charge in [-0.1, -0.05) is 38.8 Å². The van der Waals surface area contributed by atoms with Gasteiger partial charge in [0.2, 0.25) is 0 Å². The molecule has 0 spiro atoms. The van der Waals surface area contributed by atoms with E-state index in [0.29, 0.717) is 22.5 Å². The number of ether oxygens (including phenoxy) is 1. The number of rotatable bonds is 3. The Morgan fingerprint density at radius 1 is 1.30 bits per heavy atom. The third kappa shape index (κ3) is 3.41. The van der Waals surface area contributed by atoms with Gasteiger partial charge in [0, 0.05) is 6.07 Å². The summed E-state index contributed by atoms with van der Waals surface area (Å²) in [6.45, 7) is 8.92. The summed E-state index contributed by atoms with van der Waals surface area (Å²) in [6.07, 6.45) is 3.98. The van der Waals surface area contributed by atoms with E-state index >= 15 is 0 Å². The lowest BCUT2D eigenvalue weighted by molar-refractivity contribution is 0.0455. The standard InChI is InChI=1S/C17H26ClNO/c1-10(2)13-6-5-11(3)7-17(13)20-16-9-14(18)15(19)8-12(16)4/h8-11,13,17H,5-7,19H2,1-4H3. The Kier molecular flexibility index (Phi) is 4.85. The Morgan fingerprint density at radius 3 is 2.65 bits per heavy atom. The first-order valence-corrected chi connectivity index (χ1v) is 7.98. The quantitative estimate of drug-likeness (QED) is 0.790. The predicted molar refractivity (Wildman–Crippen MR) is 86.4 cm³/mol. The highest BCUT2D eigenvalue weighted by Gasteiger charge is 2.32. The Balaban J connectivity index is 2.20. The second-order valence-corrected chi connectivity index (χ2v) is 7.03. The van der Waals surface area contributed by atoms with Crippen molar-refractivity contribution >= 4 is 17.3 Å². The summed E-state index contributed by atoms with van der Waals surface area (Å²) in [7, 11) is 0. The topological polar surface area (TPSA) is 35.2 Å². The summed E-state index contributed by atoms with van der Waals surface area (Å²) in [5.41, 5.74) is 7.51. The molecule has 20 heavy (non-hydrogen) atoms. The van der Waals surface area contributed by atoms with Gasteiger partial charge in [-0.15, -0.1) is 0 Å². The van der Waals surface area contributed by atoms with Crippen molar-refractivity contribution < 1.29 is 4.74 Å². The first-order valence-electron chi connectivity index (χ1n) is 7.60. The van der Waals surface area contributed by atoms with Crippen LogP contribution in [0.2, 0.25) is 5.02 Å². The monoisotopic (exact) mass is 295 g/mol. The molecule has 0 amide bonds. The first kappa shape index (κ1) is 15.5. The van der Waals surface area contributed by atoms with Crippen LogP contribution < -0.4 is 10.5 Å². The third-order valence-corrected chi connectivity index (χ3v) is 4.86. The van der Waals surface area contributed by atoms with Crippen molar-refractivity contribution in [3.8, 4) is 5.75 Å². The molecule has 1 aliphatic carbocycles. The zero-order valence-electron chi connectivity index (χ0n) is 12.9. The molecule has 3 unspecified atom stereocenters. The van der Waals surface area contributed by atoms with Crippen LogP contribution in [0.4, 0.5) is 5.69 Å². The van der Waals surface area contributed by atoms with Crippen LogP contribution in [0.1, 0.15) is 45.6 Å². The predicted octanol–water partition coefficient (Wildman–Crippen LogP) is 5.07. The van der Waals surface area contributed by atoms with Crippen LogP contribution in [0.15, 0.2) is 12.1 Å². The second-order valence-electron chi connectivity index (χ2n) is 6.62. The minimum atomic E-state index is 0.289. The maximum atomic E-state index is 6.33. The summed E-state index contributed by atoms with van der Waals surface area (Å²) in [6, 6.07) is 3.76. The maximum absolute atomic E-state index is 6.33. The van der Waals surface area contributed by atoms with Crippen molar-refractivity contribution in [2.45, 2.75) is 53.1 Å². The molecule has 0 heterocycles. The fraction of sp³-hybridized carbons (Fsp3) is 0.647. The number of nitrogen functional groups attached to an aromatic ring is 1. The molecule has 0 bridgehead atoms. The average Bonchev–Trinajstić information content (AvgIpc) is 2.35. The SMILES string of the molecule is Cc1cc(N)c(Cl)cc1OC1CC(C)CCC1C(C)C. The van der Waals surface area contributed by atoms with E-state index in [1.807, 2.05) is 19.1 Å². The van der Waals surface area contributed by atoms with E-state index < -0.39 is 0 Å². The summed E-state index contributed by atoms with van der Waals surface area (Å²) in [4.78, 5) is 0. The van der Waals surface area contributed by atoms with Gasteiger partial charge in [0.15, 0.2) is 0 Å². The minimum absolute atomic E-state index is 0.289. The fourth-order valence-electron chi connectivity index (χ4n) is 3.23. The molecule has 1 aromatic carbocycles. The highest BCUT2D eigenvalue weighted by molar-refractivity contribution is 6.33. The van der Waals surface area contributed by atoms with Crippen LogP contribution in [-0.4, -0.2) is 6.10 Å². The largest absolute Gasteiger partial charge is 0.490 e. The van der Waals surface area contributed by atoms with Crippen LogP contribution in [0.25, 0.3) is 0 Å². The van der Waals surface area contributed by atoms with Crippen LogP contribution in [-0.2, 0) is 0 Å². The van der Waals surface area contributed by atoms with E-state index in [4.69, 9.17) is 22.1 Å². The van der Waals surface area contributed by atoms with E-state index in [1.54, 1.807) is 0 Å². The van der Waals surface area contributed by atoms with Crippen molar-refractivity contribution in [2.75, 3.05) is 5.73 Å². The highest BCUT2D eigenvalue weighted by atomic mass is 35.5. The zero-order valence-corrected chi connectivity index (χ0v) is 13.7. The molecule has 0 saturated heterocycles. The molecule has 2 N–H and O–H groups in total. The lowest BCUT2D eigenvalue weighted by atomic mass is 9.75. The highest BCUT2D eigenvalue weighted by Crippen LogP contribution is 2.37. The Labute approximate surface area is 127 Å². The number of anilines is 1. The molecular weight excluding hydrogens is 270 g/mol. The smallest absolute Gasteiger partial charge is 0.124 e. The van der Waals surface area contributed by atoms with Crippen molar-refractivity contribution in [1.82, 2.24) is 0 Å². The average molecular weight is 296 g/mol. The van der Waals surface area contributed by atoms with Crippen LogP contribution in [0.5, 0.6) is 5.75 Å². The normalized spacial score (nSPS) is 26.8. The molecule has 1 saturated carbocycles. The molecule has 2 rings (SSSR count). The number of hydrogen-bond acceptors (Lipinski definition) is 2. The Hall–Kier alpha value is -0.890. The van der Waals surface area contributed by atoms with E-state index in [0.717, 1.165) is 23.7 Å². The molecule has 2 nitrogen and oxygen atoms in total. The molecular formula is C17H26ClNO. The number of benzene rings is 1. The van der Waals surface area contributed by atoms with E-state index in [-0.39, 0.29) is 6.10 Å². The Morgan fingerprint density at radius 2 is 2.00 bits per heavy atom. The summed E-state index contributed by atoms with van der Waals surface area (Å²) in [5.74, 6) is 2.90. The second kappa shape index (κ2) is 6.26. The van der Waals surface area contributed by atoms with Crippen LogP contribution in [0, 0.1) is 24.7 Å². The maximum Gasteiger partial charge on any atom is 0.124 e. The van der Waals surface area contributed by atoms with Gasteiger partial charge in [-0.25, -0.2) is 0 Å². The molecule has 1 fully saturated rings. The van der Waals surface area contributed by atoms with E-state index in [9.17, 15) is 0 Å². The van der Waals surface area contributed by atoms with Gasteiger partial charge in [0.05, 0.1) is 10.7 Å². The zero-order chi connectivity index (χ0) is 14.9. The van der Waals surface area contributed by atoms with Crippen molar-refractivity contribution in [2.24, 2.45) is 17.8 Å². The number of hydrogen-bond donors (Lipinski definition) is 1. The first-order chi connectivity index (χ1) is 9.38. The Bertz CT molecular complexity index is 472. The fourth-order valence-corrected chi connectivity index (χ4v) is 3.38. The third-order valence-electron chi connectivity index (χ3n) is 4.53. The summed E-state index contributed by atoms with van der Waals surface area (Å²) >= 11 is 6.13. The lowest BCUT2D eigenvalue weighted by Crippen LogP contribution is -2.36. The van der Waals surface area contributed by atoms with Crippen LogP contribution in [0.3, 0.4) is 0 Å². The number of aryl methyl sites for hydroxylation is 1.